The molecule has 0 spiro atoms. The van der Waals surface area contributed by atoms with Crippen molar-refractivity contribution in [1.82, 2.24) is 0 Å². The molecule has 1 fully saturated rings. The second kappa shape index (κ2) is 5.49. The first-order valence-corrected chi connectivity index (χ1v) is 7.11. The molecule has 1 saturated heterocycles. The topological polar surface area (TPSA) is 26.3 Å². The molecule has 0 bridgehead atoms. The first-order chi connectivity index (χ1) is 9.81. The average Bonchev–Trinajstić information content (AvgIpc) is 2.51. The van der Waals surface area contributed by atoms with Crippen LogP contribution in [-0.2, 0) is 9.53 Å². The third-order valence-corrected chi connectivity index (χ3v) is 4.02. The highest BCUT2D eigenvalue weighted by Crippen LogP contribution is 2.41. The predicted octanol–water partition coefficient (Wildman–Crippen LogP) is 3.77. The minimum atomic E-state index is -0.0745. The van der Waals surface area contributed by atoms with Crippen molar-refractivity contribution in [1.29, 1.82) is 0 Å². The zero-order valence-electron chi connectivity index (χ0n) is 11.5. The Labute approximate surface area is 119 Å². The maximum atomic E-state index is 12.0. The number of hydrogen-bond donors (Lipinski definition) is 0. The van der Waals surface area contributed by atoms with Crippen molar-refractivity contribution >= 4 is 5.97 Å². The van der Waals surface area contributed by atoms with Crippen LogP contribution in [0.3, 0.4) is 0 Å². The quantitative estimate of drug-likeness (QED) is 0.787. The standard InChI is InChI=1S/C18H18O2/c1-2-15-17(18(19)20-15)16(13-9-5-3-6-10-13)14-11-7-4-8-12-14/h3-12,15-17H,2H2,1H3. The van der Waals surface area contributed by atoms with Crippen molar-refractivity contribution in [2.45, 2.75) is 25.4 Å². The number of cyclic esters (lactones) is 1. The normalized spacial score (nSPS) is 21.4. The van der Waals surface area contributed by atoms with Gasteiger partial charge in [0.05, 0.1) is 0 Å². The minimum absolute atomic E-state index is 0.0351. The molecule has 2 unspecified atom stereocenters. The molecule has 2 aromatic carbocycles. The minimum Gasteiger partial charge on any atom is -0.461 e. The lowest BCUT2D eigenvalue weighted by molar-refractivity contribution is -0.186. The van der Waals surface area contributed by atoms with E-state index in [1.807, 2.05) is 36.4 Å². The van der Waals surface area contributed by atoms with E-state index < -0.39 is 0 Å². The van der Waals surface area contributed by atoms with E-state index in [2.05, 4.69) is 31.2 Å². The second-order valence-electron chi connectivity index (χ2n) is 5.21. The molecule has 102 valence electrons. The second-order valence-corrected chi connectivity index (χ2v) is 5.21. The molecule has 0 radical (unpaired) electrons. The fourth-order valence-electron chi connectivity index (χ4n) is 3.00. The van der Waals surface area contributed by atoms with Crippen molar-refractivity contribution < 1.29 is 9.53 Å². The molecule has 2 nitrogen and oxygen atoms in total. The zero-order chi connectivity index (χ0) is 13.9. The van der Waals surface area contributed by atoms with Crippen molar-refractivity contribution in [3.05, 3.63) is 71.8 Å². The van der Waals surface area contributed by atoms with Gasteiger partial charge in [0.15, 0.2) is 0 Å². The summed E-state index contributed by atoms with van der Waals surface area (Å²) in [7, 11) is 0. The van der Waals surface area contributed by atoms with Crippen molar-refractivity contribution in [3.8, 4) is 0 Å². The van der Waals surface area contributed by atoms with E-state index in [1.165, 1.54) is 11.1 Å². The molecule has 1 aliphatic rings. The van der Waals surface area contributed by atoms with Crippen LogP contribution in [0, 0.1) is 5.92 Å². The van der Waals surface area contributed by atoms with Crippen LogP contribution in [0.4, 0.5) is 0 Å². The molecule has 0 aliphatic carbocycles. The molecule has 20 heavy (non-hydrogen) atoms. The number of esters is 1. The summed E-state index contributed by atoms with van der Waals surface area (Å²) in [4.78, 5) is 12.0. The highest BCUT2D eigenvalue weighted by atomic mass is 16.6. The van der Waals surface area contributed by atoms with Gasteiger partial charge in [-0.15, -0.1) is 0 Å². The van der Waals surface area contributed by atoms with Crippen LogP contribution in [0.2, 0.25) is 0 Å². The van der Waals surface area contributed by atoms with Gasteiger partial charge in [0, 0.05) is 5.92 Å². The third kappa shape index (κ3) is 2.22. The smallest absolute Gasteiger partial charge is 0.313 e. The lowest BCUT2D eigenvalue weighted by Gasteiger charge is -2.40. The third-order valence-electron chi connectivity index (χ3n) is 4.02. The van der Waals surface area contributed by atoms with Crippen LogP contribution >= 0.6 is 0 Å². The summed E-state index contributed by atoms with van der Waals surface area (Å²) < 4.78 is 5.29. The number of benzene rings is 2. The Morgan fingerprint density at radius 2 is 1.45 bits per heavy atom. The molecule has 0 N–H and O–H groups in total. The van der Waals surface area contributed by atoms with Crippen molar-refractivity contribution in [3.63, 3.8) is 0 Å². The zero-order valence-corrected chi connectivity index (χ0v) is 11.5. The summed E-state index contributed by atoms with van der Waals surface area (Å²) in [6.45, 7) is 2.07. The summed E-state index contributed by atoms with van der Waals surface area (Å²) in [5, 5.41) is 0. The lowest BCUT2D eigenvalue weighted by Crippen LogP contribution is -2.48. The van der Waals surface area contributed by atoms with Crippen LogP contribution in [-0.4, -0.2) is 12.1 Å². The van der Waals surface area contributed by atoms with Crippen molar-refractivity contribution in [2.75, 3.05) is 0 Å². The van der Waals surface area contributed by atoms with Gasteiger partial charge in [0.1, 0.15) is 12.0 Å². The number of carbonyl (C=O) groups is 1. The molecule has 2 heteroatoms. The average molecular weight is 266 g/mol. The Morgan fingerprint density at radius 3 is 1.85 bits per heavy atom. The summed E-state index contributed by atoms with van der Waals surface area (Å²) in [6, 6.07) is 20.5. The van der Waals surface area contributed by atoms with Gasteiger partial charge in [-0.3, -0.25) is 4.79 Å². The van der Waals surface area contributed by atoms with Gasteiger partial charge in [0.2, 0.25) is 0 Å². The van der Waals surface area contributed by atoms with E-state index in [1.54, 1.807) is 0 Å². The van der Waals surface area contributed by atoms with Crippen LogP contribution in [0.15, 0.2) is 60.7 Å². The van der Waals surface area contributed by atoms with Gasteiger partial charge >= 0.3 is 5.97 Å². The highest BCUT2D eigenvalue weighted by molar-refractivity contribution is 5.80. The van der Waals surface area contributed by atoms with Gasteiger partial charge < -0.3 is 4.74 Å². The van der Waals surface area contributed by atoms with E-state index >= 15 is 0 Å². The fourth-order valence-corrected chi connectivity index (χ4v) is 3.00. The van der Waals surface area contributed by atoms with Crippen molar-refractivity contribution in [2.24, 2.45) is 5.92 Å². The molecule has 1 heterocycles. The Morgan fingerprint density at radius 1 is 0.950 bits per heavy atom. The van der Waals surface area contributed by atoms with Crippen LogP contribution in [0.5, 0.6) is 0 Å². The van der Waals surface area contributed by atoms with Gasteiger partial charge in [-0.05, 0) is 17.5 Å². The molecule has 3 rings (SSSR count). The maximum absolute atomic E-state index is 12.0. The SMILES string of the molecule is CCC1OC(=O)C1C(c1ccccc1)c1ccccc1. The molecule has 2 atom stereocenters. The summed E-state index contributed by atoms with van der Waals surface area (Å²) >= 11 is 0. The first kappa shape index (κ1) is 12.9. The fraction of sp³-hybridized carbons (Fsp3) is 0.278. The van der Waals surface area contributed by atoms with Gasteiger partial charge in [-0.2, -0.15) is 0 Å². The largest absolute Gasteiger partial charge is 0.461 e. The molecular weight excluding hydrogens is 248 g/mol. The Hall–Kier alpha value is -2.09. The van der Waals surface area contributed by atoms with Crippen LogP contribution in [0.1, 0.15) is 30.4 Å². The molecular formula is C18H18O2. The number of rotatable bonds is 4. The maximum Gasteiger partial charge on any atom is 0.313 e. The molecule has 0 amide bonds. The summed E-state index contributed by atoms with van der Waals surface area (Å²) in [5.41, 5.74) is 2.36. The van der Waals surface area contributed by atoms with E-state index in [0.29, 0.717) is 0 Å². The van der Waals surface area contributed by atoms with Gasteiger partial charge in [0.25, 0.3) is 0 Å². The Kier molecular flexibility index (Phi) is 3.55. The number of ether oxygens (including phenoxy) is 1. The van der Waals surface area contributed by atoms with Crippen LogP contribution < -0.4 is 0 Å². The van der Waals surface area contributed by atoms with E-state index in [9.17, 15) is 4.79 Å². The summed E-state index contributed by atoms with van der Waals surface area (Å²) in [6.07, 6.45) is 0.903. The molecule has 1 aliphatic heterocycles. The molecule has 0 saturated carbocycles. The Balaban J connectivity index is 2.03. The van der Waals surface area contributed by atoms with Gasteiger partial charge in [-0.1, -0.05) is 67.6 Å². The van der Waals surface area contributed by atoms with Gasteiger partial charge in [-0.25, -0.2) is 0 Å². The highest BCUT2D eigenvalue weighted by Gasteiger charge is 2.47. The Bertz CT molecular complexity index is 537. The lowest BCUT2D eigenvalue weighted by atomic mass is 9.75. The van der Waals surface area contributed by atoms with E-state index in [4.69, 9.17) is 4.74 Å². The predicted molar refractivity (Wildman–Crippen MR) is 78.4 cm³/mol. The van der Waals surface area contributed by atoms with E-state index in [-0.39, 0.29) is 23.9 Å². The molecule has 2 aromatic rings. The summed E-state index contributed by atoms with van der Waals surface area (Å²) in [5.74, 6) is -0.0528. The monoisotopic (exact) mass is 266 g/mol. The number of hydrogen-bond acceptors (Lipinski definition) is 2. The molecule has 0 aromatic heterocycles. The first-order valence-electron chi connectivity index (χ1n) is 7.11. The number of carbonyl (C=O) groups excluding carboxylic acids is 1. The van der Waals surface area contributed by atoms with Crippen LogP contribution in [0.25, 0.3) is 0 Å². The van der Waals surface area contributed by atoms with E-state index in [0.717, 1.165) is 6.42 Å².